The number of H-pyrrole nitrogens is 1. The summed E-state index contributed by atoms with van der Waals surface area (Å²) in [6.07, 6.45) is 0. The van der Waals surface area contributed by atoms with Gasteiger partial charge in [-0.1, -0.05) is 6.07 Å². The summed E-state index contributed by atoms with van der Waals surface area (Å²) in [6.45, 7) is 4.04. The highest BCUT2D eigenvalue weighted by Crippen LogP contribution is 2.19. The number of aromatic amines is 1. The number of nitriles is 1. The van der Waals surface area contributed by atoms with Crippen LogP contribution in [-0.4, -0.2) is 59.1 Å². The summed E-state index contributed by atoms with van der Waals surface area (Å²) in [5.41, 5.74) is 2.50. The summed E-state index contributed by atoms with van der Waals surface area (Å²) in [5, 5.41) is 9.21. The number of likely N-dealkylation sites (N-methyl/N-ethyl adjacent to an activating group) is 2. The quantitative estimate of drug-likeness (QED) is 0.860. The molecule has 0 bridgehead atoms. The molecule has 1 saturated heterocycles. The average molecular weight is 301 g/mol. The molecule has 1 aliphatic rings. The van der Waals surface area contributed by atoms with Crippen LogP contribution in [0.5, 0.6) is 0 Å². The van der Waals surface area contributed by atoms with Crippen LogP contribution >= 0.6 is 12.2 Å². The van der Waals surface area contributed by atoms with Gasteiger partial charge in [-0.3, -0.25) is 4.90 Å². The lowest BCUT2D eigenvalue weighted by molar-refractivity contribution is 0.103. The molecule has 0 amide bonds. The molecule has 2 heterocycles. The van der Waals surface area contributed by atoms with Crippen molar-refractivity contribution < 1.29 is 0 Å². The molecule has 1 atom stereocenters. The second kappa shape index (κ2) is 5.60. The number of nitrogens with zero attached hydrogens (tertiary/aromatic N) is 4. The minimum absolute atomic E-state index is 0.431. The second-order valence-electron chi connectivity index (χ2n) is 5.75. The first-order valence-electron chi connectivity index (χ1n) is 7.10. The zero-order chi connectivity index (χ0) is 15.0. The zero-order valence-corrected chi connectivity index (χ0v) is 13.2. The van der Waals surface area contributed by atoms with E-state index in [4.69, 9.17) is 12.2 Å². The number of aromatic nitrogens is 2. The Bertz CT molecular complexity index is 753. The van der Waals surface area contributed by atoms with Crippen LogP contribution in [0.25, 0.3) is 11.0 Å². The standard InChI is InChI=1S/C15H19N5S/c1-18-6-7-19(2)12(9-18)10-20-13-5-3-4-11(8-16)14(13)17-15(20)21/h3-5,12H,6-7,9-10H2,1-2H3,(H,17,21). The predicted octanol–water partition coefficient (Wildman–Crippen LogP) is 1.82. The van der Waals surface area contributed by atoms with Gasteiger partial charge in [-0.2, -0.15) is 5.26 Å². The van der Waals surface area contributed by atoms with Gasteiger partial charge in [-0.15, -0.1) is 0 Å². The highest BCUT2D eigenvalue weighted by atomic mass is 32.1. The molecule has 1 unspecified atom stereocenters. The maximum absolute atomic E-state index is 9.21. The van der Waals surface area contributed by atoms with Gasteiger partial charge < -0.3 is 14.5 Å². The first kappa shape index (κ1) is 14.3. The van der Waals surface area contributed by atoms with E-state index in [-0.39, 0.29) is 0 Å². The van der Waals surface area contributed by atoms with Crippen molar-refractivity contribution in [2.45, 2.75) is 12.6 Å². The van der Waals surface area contributed by atoms with Gasteiger partial charge >= 0.3 is 0 Å². The molecule has 1 aliphatic heterocycles. The molecule has 0 spiro atoms. The zero-order valence-electron chi connectivity index (χ0n) is 12.3. The maximum Gasteiger partial charge on any atom is 0.178 e. The molecule has 6 heteroatoms. The molecule has 0 radical (unpaired) electrons. The number of nitrogens with one attached hydrogen (secondary N) is 1. The van der Waals surface area contributed by atoms with Gasteiger partial charge in [0.05, 0.1) is 16.6 Å². The van der Waals surface area contributed by atoms with Crippen molar-refractivity contribution in [2.75, 3.05) is 33.7 Å². The Morgan fingerprint density at radius 2 is 2.19 bits per heavy atom. The molecule has 1 N–H and O–H groups in total. The van der Waals surface area contributed by atoms with Gasteiger partial charge in [0.25, 0.3) is 0 Å². The molecule has 0 saturated carbocycles. The Morgan fingerprint density at radius 3 is 2.95 bits per heavy atom. The maximum atomic E-state index is 9.21. The normalized spacial score (nSPS) is 20.7. The molecule has 1 fully saturated rings. The SMILES string of the molecule is CN1CCN(C)C(Cn2c(=S)[nH]c3c(C#N)cccc32)C1. The van der Waals surface area contributed by atoms with Gasteiger partial charge in [-0.05, 0) is 38.4 Å². The number of hydrogen-bond acceptors (Lipinski definition) is 4. The van der Waals surface area contributed by atoms with Crippen LogP contribution in [0, 0.1) is 16.1 Å². The topological polar surface area (TPSA) is 51.0 Å². The highest BCUT2D eigenvalue weighted by Gasteiger charge is 2.23. The summed E-state index contributed by atoms with van der Waals surface area (Å²) in [4.78, 5) is 7.92. The largest absolute Gasteiger partial charge is 0.329 e. The van der Waals surface area contributed by atoms with E-state index in [2.05, 4.69) is 39.5 Å². The van der Waals surface area contributed by atoms with Crippen LogP contribution in [0.1, 0.15) is 5.56 Å². The number of benzene rings is 1. The lowest BCUT2D eigenvalue weighted by atomic mass is 10.1. The minimum Gasteiger partial charge on any atom is -0.329 e. The number of piperazine rings is 1. The van der Waals surface area contributed by atoms with Crippen LogP contribution in [0.4, 0.5) is 0 Å². The molecule has 110 valence electrons. The molecule has 1 aromatic carbocycles. The second-order valence-corrected chi connectivity index (χ2v) is 6.14. The molecule has 5 nitrogen and oxygen atoms in total. The number of rotatable bonds is 2. The fraction of sp³-hybridized carbons (Fsp3) is 0.467. The Kier molecular flexibility index (Phi) is 3.81. The summed E-state index contributed by atoms with van der Waals surface area (Å²) in [7, 11) is 4.32. The Morgan fingerprint density at radius 1 is 1.38 bits per heavy atom. The Balaban J connectivity index is 1.99. The molecular weight excluding hydrogens is 282 g/mol. The summed E-state index contributed by atoms with van der Waals surface area (Å²) in [6, 6.07) is 8.41. The number of para-hydroxylation sites is 1. The van der Waals surface area contributed by atoms with E-state index in [1.165, 1.54) is 0 Å². The van der Waals surface area contributed by atoms with E-state index in [1.54, 1.807) is 0 Å². The third-order valence-electron chi connectivity index (χ3n) is 4.30. The third-order valence-corrected chi connectivity index (χ3v) is 4.63. The van der Waals surface area contributed by atoms with Gasteiger partial charge in [0.2, 0.25) is 0 Å². The van der Waals surface area contributed by atoms with E-state index >= 15 is 0 Å². The Hall–Kier alpha value is -1.68. The first-order chi connectivity index (χ1) is 10.1. The van der Waals surface area contributed by atoms with Gasteiger partial charge in [0, 0.05) is 32.2 Å². The van der Waals surface area contributed by atoms with Crippen molar-refractivity contribution in [1.82, 2.24) is 19.4 Å². The number of imidazole rings is 1. The predicted molar refractivity (Wildman–Crippen MR) is 85.8 cm³/mol. The lowest BCUT2D eigenvalue weighted by Crippen LogP contribution is -2.51. The first-order valence-corrected chi connectivity index (χ1v) is 7.51. The van der Waals surface area contributed by atoms with Crippen LogP contribution in [0.15, 0.2) is 18.2 Å². The van der Waals surface area contributed by atoms with Crippen LogP contribution in [0.2, 0.25) is 0 Å². The molecule has 3 rings (SSSR count). The van der Waals surface area contributed by atoms with Crippen LogP contribution < -0.4 is 0 Å². The van der Waals surface area contributed by atoms with Crippen molar-refractivity contribution in [3.05, 3.63) is 28.5 Å². The van der Waals surface area contributed by atoms with E-state index in [9.17, 15) is 5.26 Å². The summed E-state index contributed by atoms with van der Waals surface area (Å²) < 4.78 is 2.81. The molecule has 0 aliphatic carbocycles. The van der Waals surface area contributed by atoms with Crippen molar-refractivity contribution >= 4 is 23.3 Å². The molecule has 2 aromatic rings. The minimum atomic E-state index is 0.431. The summed E-state index contributed by atoms with van der Waals surface area (Å²) in [5.74, 6) is 0. The van der Waals surface area contributed by atoms with Crippen molar-refractivity contribution in [3.63, 3.8) is 0 Å². The van der Waals surface area contributed by atoms with E-state index in [0.29, 0.717) is 16.4 Å². The number of hydrogen-bond donors (Lipinski definition) is 1. The lowest BCUT2D eigenvalue weighted by Gasteiger charge is -2.37. The third kappa shape index (κ3) is 2.60. The van der Waals surface area contributed by atoms with Gasteiger partial charge in [-0.25, -0.2) is 0 Å². The number of fused-ring (bicyclic) bond motifs is 1. The Labute approximate surface area is 129 Å². The molecular formula is C15H19N5S. The monoisotopic (exact) mass is 301 g/mol. The smallest absolute Gasteiger partial charge is 0.178 e. The van der Waals surface area contributed by atoms with E-state index in [1.807, 2.05) is 18.2 Å². The van der Waals surface area contributed by atoms with Gasteiger partial charge in [0.1, 0.15) is 6.07 Å². The fourth-order valence-electron chi connectivity index (χ4n) is 2.96. The average Bonchev–Trinajstić information content (AvgIpc) is 2.79. The summed E-state index contributed by atoms with van der Waals surface area (Å²) >= 11 is 5.46. The van der Waals surface area contributed by atoms with E-state index < -0.39 is 0 Å². The van der Waals surface area contributed by atoms with E-state index in [0.717, 1.165) is 37.2 Å². The van der Waals surface area contributed by atoms with Crippen molar-refractivity contribution in [3.8, 4) is 6.07 Å². The highest BCUT2D eigenvalue weighted by molar-refractivity contribution is 7.71. The molecule has 21 heavy (non-hydrogen) atoms. The van der Waals surface area contributed by atoms with Crippen LogP contribution in [-0.2, 0) is 6.54 Å². The van der Waals surface area contributed by atoms with Crippen LogP contribution in [0.3, 0.4) is 0 Å². The van der Waals surface area contributed by atoms with Crippen molar-refractivity contribution in [1.29, 1.82) is 5.26 Å². The fourth-order valence-corrected chi connectivity index (χ4v) is 3.24. The van der Waals surface area contributed by atoms with Crippen molar-refractivity contribution in [2.24, 2.45) is 0 Å². The van der Waals surface area contributed by atoms with Gasteiger partial charge in [0.15, 0.2) is 4.77 Å². The molecule has 1 aromatic heterocycles.